The Hall–Kier alpha value is -1.33. The number of hydrogen-bond acceptors (Lipinski definition) is 3. The molecule has 1 aromatic carbocycles. The number of aromatic carboxylic acids is 1. The lowest BCUT2D eigenvalue weighted by Gasteiger charge is -2.27. The molecule has 0 fully saturated rings. The van der Waals surface area contributed by atoms with Gasteiger partial charge in [0, 0.05) is 16.4 Å². The summed E-state index contributed by atoms with van der Waals surface area (Å²) in [5, 5.41) is 11.3. The van der Waals surface area contributed by atoms with E-state index in [0.717, 1.165) is 10.2 Å². The third-order valence-electron chi connectivity index (χ3n) is 3.10. The maximum Gasteiger partial charge on any atom is 0.337 e. The maximum absolute atomic E-state index is 11.3. The van der Waals surface area contributed by atoms with Crippen LogP contribution in [-0.4, -0.2) is 18.1 Å². The molecule has 0 radical (unpaired) electrons. The molecular formula is C14H14BrNO2S. The van der Waals surface area contributed by atoms with Crippen molar-refractivity contribution in [1.82, 2.24) is 0 Å². The molecule has 1 atom stereocenters. The lowest BCUT2D eigenvalue weighted by atomic mass is 10.1. The highest BCUT2D eigenvalue weighted by molar-refractivity contribution is 9.10. The fraction of sp³-hybridized carbons (Fsp3) is 0.214. The monoisotopic (exact) mass is 339 g/mol. The number of halogens is 1. The molecule has 19 heavy (non-hydrogen) atoms. The van der Waals surface area contributed by atoms with Gasteiger partial charge in [-0.1, -0.05) is 22.0 Å². The molecule has 0 saturated heterocycles. The largest absolute Gasteiger partial charge is 0.478 e. The summed E-state index contributed by atoms with van der Waals surface area (Å²) in [6.07, 6.45) is 0. The van der Waals surface area contributed by atoms with E-state index in [2.05, 4.69) is 28.9 Å². The number of carbonyl (C=O) groups is 1. The molecule has 0 aliphatic heterocycles. The molecule has 5 heteroatoms. The van der Waals surface area contributed by atoms with Gasteiger partial charge in [0.2, 0.25) is 0 Å². The van der Waals surface area contributed by atoms with Gasteiger partial charge >= 0.3 is 5.97 Å². The van der Waals surface area contributed by atoms with Crippen molar-refractivity contribution in [2.75, 3.05) is 11.9 Å². The van der Waals surface area contributed by atoms with Gasteiger partial charge in [0.25, 0.3) is 0 Å². The topological polar surface area (TPSA) is 40.5 Å². The molecule has 1 unspecified atom stereocenters. The number of carboxylic acid groups (broad SMARTS) is 1. The molecule has 0 amide bonds. The normalized spacial score (nSPS) is 12.2. The number of benzene rings is 1. The first kappa shape index (κ1) is 14.1. The van der Waals surface area contributed by atoms with Crippen molar-refractivity contribution in [2.45, 2.75) is 13.0 Å². The number of thiophene rings is 1. The van der Waals surface area contributed by atoms with Gasteiger partial charge in [-0.15, -0.1) is 11.3 Å². The Balaban J connectivity index is 2.38. The quantitative estimate of drug-likeness (QED) is 0.896. The molecule has 0 saturated carbocycles. The van der Waals surface area contributed by atoms with Gasteiger partial charge in [-0.2, -0.15) is 0 Å². The lowest BCUT2D eigenvalue weighted by Crippen LogP contribution is -2.23. The third kappa shape index (κ3) is 2.98. The Morgan fingerprint density at radius 1 is 1.42 bits per heavy atom. The standard InChI is InChI=1S/C14H14BrNO2S/c1-9(13-4-3-7-19-13)16(2)12-6-5-10(15)8-11(12)14(17)18/h3-9H,1-2H3,(H,17,18). The van der Waals surface area contributed by atoms with Crippen molar-refractivity contribution in [3.05, 3.63) is 50.6 Å². The second kappa shape index (κ2) is 5.75. The molecule has 100 valence electrons. The number of rotatable bonds is 4. The summed E-state index contributed by atoms with van der Waals surface area (Å²) in [5.41, 5.74) is 1.02. The Labute approximate surface area is 124 Å². The average molecular weight is 340 g/mol. The van der Waals surface area contributed by atoms with E-state index in [-0.39, 0.29) is 6.04 Å². The third-order valence-corrected chi connectivity index (χ3v) is 4.64. The van der Waals surface area contributed by atoms with Crippen LogP contribution < -0.4 is 4.90 Å². The first-order valence-corrected chi connectivity index (χ1v) is 7.47. The predicted molar refractivity (Wildman–Crippen MR) is 82.2 cm³/mol. The molecule has 3 nitrogen and oxygen atoms in total. The van der Waals surface area contributed by atoms with Gasteiger partial charge in [-0.3, -0.25) is 0 Å². The second-order valence-corrected chi connectivity index (χ2v) is 6.16. The second-order valence-electron chi connectivity index (χ2n) is 4.27. The first-order valence-electron chi connectivity index (χ1n) is 5.79. The molecule has 1 heterocycles. The highest BCUT2D eigenvalue weighted by Crippen LogP contribution is 2.31. The molecule has 0 spiro atoms. The molecule has 1 aromatic heterocycles. The Bertz CT molecular complexity index is 583. The van der Waals surface area contributed by atoms with Crippen LogP contribution in [0.3, 0.4) is 0 Å². The predicted octanol–water partition coefficient (Wildman–Crippen LogP) is 4.41. The molecular weight excluding hydrogens is 326 g/mol. The van der Waals surface area contributed by atoms with Crippen LogP contribution in [0.2, 0.25) is 0 Å². The smallest absolute Gasteiger partial charge is 0.337 e. The fourth-order valence-corrected chi connectivity index (χ4v) is 3.10. The SMILES string of the molecule is CC(c1cccs1)N(C)c1ccc(Br)cc1C(=O)O. The van der Waals surface area contributed by atoms with Crippen molar-refractivity contribution >= 4 is 38.9 Å². The Morgan fingerprint density at radius 2 is 2.16 bits per heavy atom. The summed E-state index contributed by atoms with van der Waals surface area (Å²) in [6.45, 7) is 2.07. The Morgan fingerprint density at radius 3 is 2.74 bits per heavy atom. The zero-order valence-corrected chi connectivity index (χ0v) is 13.0. The number of carboxylic acids is 1. The molecule has 2 rings (SSSR count). The van der Waals surface area contributed by atoms with Crippen LogP contribution in [0.1, 0.15) is 28.2 Å². The van der Waals surface area contributed by atoms with Crippen LogP contribution >= 0.6 is 27.3 Å². The summed E-state index contributed by atoms with van der Waals surface area (Å²) in [4.78, 5) is 14.5. The van der Waals surface area contributed by atoms with Gasteiger partial charge < -0.3 is 10.0 Å². The minimum Gasteiger partial charge on any atom is -0.478 e. The van der Waals surface area contributed by atoms with E-state index < -0.39 is 5.97 Å². The fourth-order valence-electron chi connectivity index (χ4n) is 1.92. The molecule has 2 aromatic rings. The number of anilines is 1. The summed E-state index contributed by atoms with van der Waals surface area (Å²) >= 11 is 4.98. The zero-order chi connectivity index (χ0) is 14.0. The van der Waals surface area contributed by atoms with E-state index in [1.807, 2.05) is 35.5 Å². The van der Waals surface area contributed by atoms with Gasteiger partial charge in [0.05, 0.1) is 17.3 Å². The first-order chi connectivity index (χ1) is 9.00. The summed E-state index contributed by atoms with van der Waals surface area (Å²) in [6, 6.07) is 9.53. The minimum atomic E-state index is -0.915. The van der Waals surface area contributed by atoms with Crippen LogP contribution in [0.4, 0.5) is 5.69 Å². The average Bonchev–Trinajstić information content (AvgIpc) is 2.90. The maximum atomic E-state index is 11.3. The van der Waals surface area contributed by atoms with E-state index in [0.29, 0.717) is 5.56 Å². The van der Waals surface area contributed by atoms with Gasteiger partial charge in [-0.25, -0.2) is 4.79 Å². The summed E-state index contributed by atoms with van der Waals surface area (Å²) in [7, 11) is 1.92. The van der Waals surface area contributed by atoms with Gasteiger partial charge in [-0.05, 0) is 36.6 Å². The van der Waals surface area contributed by atoms with Crippen LogP contribution in [-0.2, 0) is 0 Å². The van der Waals surface area contributed by atoms with Crippen molar-refractivity contribution in [3.63, 3.8) is 0 Å². The van der Waals surface area contributed by atoms with Crippen LogP contribution in [0, 0.1) is 0 Å². The van der Waals surface area contributed by atoms with Crippen molar-refractivity contribution in [2.24, 2.45) is 0 Å². The van der Waals surface area contributed by atoms with E-state index in [1.54, 1.807) is 17.4 Å². The van der Waals surface area contributed by atoms with Gasteiger partial charge in [0.1, 0.15) is 0 Å². The highest BCUT2D eigenvalue weighted by Gasteiger charge is 2.19. The summed E-state index contributed by atoms with van der Waals surface area (Å²) < 4.78 is 0.769. The molecule has 1 N–H and O–H groups in total. The number of hydrogen-bond donors (Lipinski definition) is 1. The van der Waals surface area contributed by atoms with Gasteiger partial charge in [0.15, 0.2) is 0 Å². The van der Waals surface area contributed by atoms with E-state index >= 15 is 0 Å². The molecule has 0 bridgehead atoms. The van der Waals surface area contributed by atoms with Crippen molar-refractivity contribution in [1.29, 1.82) is 0 Å². The summed E-state index contributed by atoms with van der Waals surface area (Å²) in [5.74, 6) is -0.915. The van der Waals surface area contributed by atoms with E-state index in [1.165, 1.54) is 4.88 Å². The van der Waals surface area contributed by atoms with Crippen LogP contribution in [0.25, 0.3) is 0 Å². The lowest BCUT2D eigenvalue weighted by molar-refractivity contribution is 0.0697. The highest BCUT2D eigenvalue weighted by atomic mass is 79.9. The molecule has 0 aliphatic rings. The van der Waals surface area contributed by atoms with Crippen LogP contribution in [0.5, 0.6) is 0 Å². The van der Waals surface area contributed by atoms with E-state index in [4.69, 9.17) is 0 Å². The minimum absolute atomic E-state index is 0.138. The zero-order valence-electron chi connectivity index (χ0n) is 10.6. The molecule has 0 aliphatic carbocycles. The van der Waals surface area contributed by atoms with Crippen LogP contribution in [0.15, 0.2) is 40.2 Å². The van der Waals surface area contributed by atoms with Crippen molar-refractivity contribution < 1.29 is 9.90 Å². The Kier molecular flexibility index (Phi) is 4.27. The van der Waals surface area contributed by atoms with Crippen molar-refractivity contribution in [3.8, 4) is 0 Å². The van der Waals surface area contributed by atoms with E-state index in [9.17, 15) is 9.90 Å². The number of nitrogens with zero attached hydrogens (tertiary/aromatic N) is 1.